The molecule has 0 saturated carbocycles. The summed E-state index contributed by atoms with van der Waals surface area (Å²) in [7, 11) is 0. The van der Waals surface area contributed by atoms with Crippen LogP contribution in [0.25, 0.3) is 0 Å². The molecule has 128 valence electrons. The molecule has 1 N–H and O–H groups in total. The predicted molar refractivity (Wildman–Crippen MR) is 91.3 cm³/mol. The van der Waals surface area contributed by atoms with Gasteiger partial charge in [-0.05, 0) is 38.1 Å². The zero-order chi connectivity index (χ0) is 17.0. The lowest BCUT2D eigenvalue weighted by atomic mass is 10.0. The van der Waals surface area contributed by atoms with Crippen molar-refractivity contribution < 1.29 is 14.6 Å². The number of hydrogen-bond acceptors (Lipinski definition) is 4. The summed E-state index contributed by atoms with van der Waals surface area (Å²) < 4.78 is 5.61. The van der Waals surface area contributed by atoms with Crippen molar-refractivity contribution in [2.75, 3.05) is 32.7 Å². The number of likely N-dealkylation sites (N-methyl/N-ethyl adjacent to an activating group) is 1. The third-order valence-corrected chi connectivity index (χ3v) is 4.38. The summed E-state index contributed by atoms with van der Waals surface area (Å²) in [5.74, 6) is -0.256. The number of ether oxygens (including phenoxy) is 1. The molecule has 1 aliphatic heterocycles. The van der Waals surface area contributed by atoms with Crippen LogP contribution in [0.1, 0.15) is 32.4 Å². The van der Waals surface area contributed by atoms with Gasteiger partial charge in [0.1, 0.15) is 11.8 Å². The van der Waals surface area contributed by atoms with E-state index in [9.17, 15) is 9.90 Å². The first-order chi connectivity index (χ1) is 10.9. The average Bonchev–Trinajstić information content (AvgIpc) is 2.50. The van der Waals surface area contributed by atoms with Crippen molar-refractivity contribution in [3.63, 3.8) is 0 Å². The Balaban J connectivity index is 2.18. The van der Waals surface area contributed by atoms with Crippen molar-refractivity contribution in [2.24, 2.45) is 0 Å². The van der Waals surface area contributed by atoms with Crippen LogP contribution in [0.15, 0.2) is 18.2 Å². The minimum atomic E-state index is -0.844. The third-order valence-electron chi connectivity index (χ3n) is 4.09. The van der Waals surface area contributed by atoms with Crippen LogP contribution in [0, 0.1) is 0 Å². The number of halogens is 1. The summed E-state index contributed by atoms with van der Waals surface area (Å²) in [5, 5.41) is 10.1. The molecule has 2 rings (SSSR count). The lowest BCUT2D eigenvalue weighted by Gasteiger charge is -2.37. The van der Waals surface area contributed by atoms with Crippen LogP contribution in [0.5, 0.6) is 5.75 Å². The van der Waals surface area contributed by atoms with E-state index < -0.39 is 12.0 Å². The Morgan fingerprint density at radius 3 is 2.43 bits per heavy atom. The van der Waals surface area contributed by atoms with Gasteiger partial charge in [0, 0.05) is 26.2 Å². The molecule has 1 aliphatic rings. The number of hydrogen-bond donors (Lipinski definition) is 1. The van der Waals surface area contributed by atoms with Gasteiger partial charge >= 0.3 is 5.97 Å². The first kappa shape index (κ1) is 18.0. The molecule has 6 heteroatoms. The van der Waals surface area contributed by atoms with Gasteiger partial charge < -0.3 is 14.7 Å². The summed E-state index contributed by atoms with van der Waals surface area (Å²) in [6, 6.07) is 4.61. The van der Waals surface area contributed by atoms with Gasteiger partial charge in [0.15, 0.2) is 0 Å². The summed E-state index contributed by atoms with van der Waals surface area (Å²) in [6.45, 7) is 10.2. The smallest absolute Gasteiger partial charge is 0.325 e. The van der Waals surface area contributed by atoms with E-state index in [4.69, 9.17) is 16.3 Å². The van der Waals surface area contributed by atoms with Crippen LogP contribution in [-0.2, 0) is 4.79 Å². The maximum absolute atomic E-state index is 11.8. The molecule has 1 unspecified atom stereocenters. The fourth-order valence-electron chi connectivity index (χ4n) is 2.88. The second-order valence-electron chi connectivity index (χ2n) is 6.07. The molecule has 0 aliphatic carbocycles. The largest absolute Gasteiger partial charge is 0.489 e. The number of nitrogens with zero attached hydrogens (tertiary/aromatic N) is 2. The van der Waals surface area contributed by atoms with Crippen LogP contribution < -0.4 is 4.74 Å². The highest BCUT2D eigenvalue weighted by Crippen LogP contribution is 2.31. The first-order valence-corrected chi connectivity index (χ1v) is 8.45. The minimum Gasteiger partial charge on any atom is -0.489 e. The molecule has 0 amide bonds. The van der Waals surface area contributed by atoms with Gasteiger partial charge in [-0.1, -0.05) is 24.6 Å². The summed E-state index contributed by atoms with van der Waals surface area (Å²) in [5.41, 5.74) is 0.698. The van der Waals surface area contributed by atoms with Crippen molar-refractivity contribution in [1.29, 1.82) is 0 Å². The van der Waals surface area contributed by atoms with Crippen LogP contribution in [0.2, 0.25) is 5.02 Å². The van der Waals surface area contributed by atoms with E-state index in [1.165, 1.54) is 0 Å². The molecule has 5 nitrogen and oxygen atoms in total. The van der Waals surface area contributed by atoms with E-state index in [0.29, 0.717) is 16.3 Å². The lowest BCUT2D eigenvalue weighted by Crippen LogP contribution is -2.49. The first-order valence-electron chi connectivity index (χ1n) is 8.07. The van der Waals surface area contributed by atoms with E-state index in [1.807, 2.05) is 18.7 Å². The van der Waals surface area contributed by atoms with Crippen molar-refractivity contribution in [1.82, 2.24) is 9.80 Å². The normalized spacial score (nSPS) is 18.1. The summed E-state index contributed by atoms with van der Waals surface area (Å²) in [4.78, 5) is 16.1. The van der Waals surface area contributed by atoms with E-state index in [-0.39, 0.29) is 6.10 Å². The molecule has 1 fully saturated rings. The zero-order valence-electron chi connectivity index (χ0n) is 14.0. The Morgan fingerprint density at radius 1 is 1.30 bits per heavy atom. The Kier molecular flexibility index (Phi) is 6.27. The molecule has 1 heterocycles. The van der Waals surface area contributed by atoms with Gasteiger partial charge in [0.25, 0.3) is 0 Å². The highest BCUT2D eigenvalue weighted by atomic mass is 35.5. The predicted octanol–water partition coefficient (Wildman–Crippen LogP) is 2.89. The number of aliphatic carboxylic acids is 1. The monoisotopic (exact) mass is 340 g/mol. The van der Waals surface area contributed by atoms with Gasteiger partial charge in [-0.3, -0.25) is 9.69 Å². The number of carbonyl (C=O) groups is 1. The van der Waals surface area contributed by atoms with Crippen molar-refractivity contribution in [3.05, 3.63) is 28.8 Å². The van der Waals surface area contributed by atoms with E-state index in [1.54, 1.807) is 18.2 Å². The molecule has 23 heavy (non-hydrogen) atoms. The number of rotatable bonds is 6. The lowest BCUT2D eigenvalue weighted by molar-refractivity contribution is -0.144. The van der Waals surface area contributed by atoms with Gasteiger partial charge in [-0.2, -0.15) is 0 Å². The summed E-state index contributed by atoms with van der Waals surface area (Å²) >= 11 is 6.26. The molecular formula is C17H25ClN2O3. The number of piperazine rings is 1. The second kappa shape index (κ2) is 7.99. The standard InChI is InChI=1S/C17H25ClN2O3/c1-4-19-7-9-20(10-8-19)16(17(21)22)13-5-6-15(14(18)11-13)23-12(2)3/h5-6,11-12,16H,4,7-10H2,1-3H3,(H,21,22). The van der Waals surface area contributed by atoms with Crippen molar-refractivity contribution in [3.8, 4) is 5.75 Å². The Hall–Kier alpha value is -1.30. The maximum atomic E-state index is 11.8. The fraction of sp³-hybridized carbons (Fsp3) is 0.588. The van der Waals surface area contributed by atoms with Crippen molar-refractivity contribution >= 4 is 17.6 Å². The second-order valence-corrected chi connectivity index (χ2v) is 6.47. The average molecular weight is 341 g/mol. The molecule has 1 aromatic carbocycles. The minimum absolute atomic E-state index is 0.0238. The van der Waals surface area contributed by atoms with Crippen LogP contribution in [0.3, 0.4) is 0 Å². The van der Waals surface area contributed by atoms with E-state index >= 15 is 0 Å². The molecule has 0 aromatic heterocycles. The highest BCUT2D eigenvalue weighted by Gasteiger charge is 2.30. The Bertz CT molecular complexity index is 543. The molecule has 0 spiro atoms. The SMILES string of the molecule is CCN1CCN(C(C(=O)O)c2ccc(OC(C)C)c(Cl)c2)CC1. The molecular weight excluding hydrogens is 316 g/mol. The van der Waals surface area contributed by atoms with Crippen LogP contribution >= 0.6 is 11.6 Å². The molecule has 0 radical (unpaired) electrons. The van der Waals surface area contributed by atoms with Crippen LogP contribution in [0.4, 0.5) is 0 Å². The molecule has 1 atom stereocenters. The Labute approximate surface area is 142 Å². The quantitative estimate of drug-likeness (QED) is 0.863. The molecule has 1 aromatic rings. The fourth-order valence-corrected chi connectivity index (χ4v) is 3.12. The van der Waals surface area contributed by atoms with E-state index in [2.05, 4.69) is 11.8 Å². The molecule has 0 bridgehead atoms. The third kappa shape index (κ3) is 4.59. The summed E-state index contributed by atoms with van der Waals surface area (Å²) in [6.07, 6.45) is 0.0238. The van der Waals surface area contributed by atoms with E-state index in [0.717, 1.165) is 32.7 Å². The van der Waals surface area contributed by atoms with Gasteiger partial charge in [0.2, 0.25) is 0 Å². The van der Waals surface area contributed by atoms with Gasteiger partial charge in [-0.15, -0.1) is 0 Å². The van der Waals surface area contributed by atoms with Gasteiger partial charge in [0.05, 0.1) is 11.1 Å². The highest BCUT2D eigenvalue weighted by molar-refractivity contribution is 6.32. The van der Waals surface area contributed by atoms with Crippen LogP contribution in [-0.4, -0.2) is 59.7 Å². The number of carboxylic acids is 1. The van der Waals surface area contributed by atoms with Crippen molar-refractivity contribution in [2.45, 2.75) is 32.9 Å². The van der Waals surface area contributed by atoms with Gasteiger partial charge in [-0.25, -0.2) is 0 Å². The molecule has 1 saturated heterocycles. The topological polar surface area (TPSA) is 53.0 Å². The number of benzene rings is 1. The Morgan fingerprint density at radius 2 is 1.96 bits per heavy atom. The maximum Gasteiger partial charge on any atom is 0.325 e. The zero-order valence-corrected chi connectivity index (χ0v) is 14.7. The number of carboxylic acid groups (broad SMARTS) is 1.